The highest BCUT2D eigenvalue weighted by Crippen LogP contribution is 2.25. The Balaban J connectivity index is 1.41. The van der Waals surface area contributed by atoms with E-state index in [0.29, 0.717) is 16.0 Å². The number of thiophene rings is 1. The largest absolute Gasteiger partial charge is 0.309 e. The zero-order valence-electron chi connectivity index (χ0n) is 15.8. The van der Waals surface area contributed by atoms with Crippen molar-refractivity contribution in [2.75, 3.05) is 0 Å². The lowest BCUT2D eigenvalue weighted by atomic mass is 10.2. The van der Waals surface area contributed by atoms with Gasteiger partial charge in [-0.1, -0.05) is 18.2 Å². The van der Waals surface area contributed by atoms with E-state index in [1.165, 1.54) is 17.6 Å². The van der Waals surface area contributed by atoms with E-state index in [-0.39, 0.29) is 17.9 Å². The smallest absolute Gasteiger partial charge is 0.259 e. The van der Waals surface area contributed by atoms with E-state index < -0.39 is 0 Å². The van der Waals surface area contributed by atoms with Crippen LogP contribution in [0.5, 0.6) is 0 Å². The lowest BCUT2D eigenvalue weighted by Gasteiger charge is -2.00. The Morgan fingerprint density at radius 1 is 1.31 bits per heavy atom. The van der Waals surface area contributed by atoms with Crippen molar-refractivity contribution >= 4 is 33.7 Å². The summed E-state index contributed by atoms with van der Waals surface area (Å²) in [5, 5.41) is 8.80. The Kier molecular flexibility index (Phi) is 5.05. The second kappa shape index (κ2) is 7.80. The molecule has 0 radical (unpaired) electrons. The summed E-state index contributed by atoms with van der Waals surface area (Å²) in [5.74, 6) is -0.0578. The fourth-order valence-corrected chi connectivity index (χ4v) is 3.93. The normalized spacial score (nSPS) is 11.4. The Labute approximate surface area is 169 Å². The van der Waals surface area contributed by atoms with E-state index >= 15 is 0 Å². The SMILES string of the molecule is Cc1sc2nc(CC(=O)N/N=C\c3cnn(-c4ccccc4)c3)[nH]c(=O)c2c1C. The van der Waals surface area contributed by atoms with Gasteiger partial charge in [0.15, 0.2) is 0 Å². The summed E-state index contributed by atoms with van der Waals surface area (Å²) >= 11 is 1.45. The van der Waals surface area contributed by atoms with Gasteiger partial charge in [0.2, 0.25) is 5.91 Å². The number of fused-ring (bicyclic) bond motifs is 1. The minimum Gasteiger partial charge on any atom is -0.309 e. The minimum absolute atomic E-state index is 0.0677. The van der Waals surface area contributed by atoms with Crippen LogP contribution in [0.1, 0.15) is 21.8 Å². The number of hydrogen-bond donors (Lipinski definition) is 2. The molecular formula is C20H18N6O2S. The van der Waals surface area contributed by atoms with Crippen LogP contribution in [0.25, 0.3) is 15.9 Å². The maximum atomic E-state index is 12.3. The van der Waals surface area contributed by atoms with Crippen molar-refractivity contribution in [2.24, 2.45) is 5.10 Å². The summed E-state index contributed by atoms with van der Waals surface area (Å²) in [7, 11) is 0. The highest BCUT2D eigenvalue weighted by Gasteiger charge is 2.13. The number of aryl methyl sites for hydroxylation is 2. The van der Waals surface area contributed by atoms with Crippen LogP contribution >= 0.6 is 11.3 Å². The van der Waals surface area contributed by atoms with Crippen LogP contribution in [0.2, 0.25) is 0 Å². The van der Waals surface area contributed by atoms with Crippen LogP contribution in [-0.4, -0.2) is 31.9 Å². The van der Waals surface area contributed by atoms with E-state index in [1.807, 2.05) is 44.2 Å². The Morgan fingerprint density at radius 2 is 2.10 bits per heavy atom. The van der Waals surface area contributed by atoms with Gasteiger partial charge in [0.25, 0.3) is 5.56 Å². The fraction of sp³-hybridized carbons (Fsp3) is 0.150. The van der Waals surface area contributed by atoms with Crippen molar-refractivity contribution in [3.63, 3.8) is 0 Å². The lowest BCUT2D eigenvalue weighted by molar-refractivity contribution is -0.120. The van der Waals surface area contributed by atoms with Crippen LogP contribution in [0.15, 0.2) is 52.6 Å². The lowest BCUT2D eigenvalue weighted by Crippen LogP contribution is -2.23. The summed E-state index contributed by atoms with van der Waals surface area (Å²) in [6.07, 6.45) is 4.90. The number of aromatic nitrogens is 4. The number of amides is 1. The van der Waals surface area contributed by atoms with Crippen LogP contribution < -0.4 is 11.0 Å². The molecule has 0 aliphatic heterocycles. The van der Waals surface area contributed by atoms with Crippen LogP contribution in [0.4, 0.5) is 0 Å². The maximum absolute atomic E-state index is 12.3. The highest BCUT2D eigenvalue weighted by molar-refractivity contribution is 7.18. The van der Waals surface area contributed by atoms with E-state index in [2.05, 4.69) is 25.6 Å². The molecule has 0 atom stereocenters. The molecule has 0 fully saturated rings. The average molecular weight is 406 g/mol. The maximum Gasteiger partial charge on any atom is 0.259 e. The number of aromatic amines is 1. The van der Waals surface area contributed by atoms with Crippen molar-refractivity contribution in [3.05, 3.63) is 74.9 Å². The molecule has 9 heteroatoms. The second-order valence-electron chi connectivity index (χ2n) is 6.50. The monoisotopic (exact) mass is 406 g/mol. The van der Waals surface area contributed by atoms with Gasteiger partial charge < -0.3 is 4.98 Å². The molecule has 2 N–H and O–H groups in total. The summed E-state index contributed by atoms with van der Waals surface area (Å²) in [6, 6.07) is 9.68. The topological polar surface area (TPSA) is 105 Å². The molecule has 0 saturated heterocycles. The van der Waals surface area contributed by atoms with Crippen molar-refractivity contribution in [3.8, 4) is 5.69 Å². The Bertz CT molecular complexity index is 1270. The number of hydrazone groups is 1. The van der Waals surface area contributed by atoms with Gasteiger partial charge in [0.1, 0.15) is 10.7 Å². The van der Waals surface area contributed by atoms with E-state index in [4.69, 9.17) is 0 Å². The quantitative estimate of drug-likeness (QED) is 0.392. The highest BCUT2D eigenvalue weighted by atomic mass is 32.1. The standard InChI is InChI=1S/C20H18N6O2S/c1-12-13(2)29-20-18(12)19(28)23-16(24-20)8-17(27)25-21-9-14-10-22-26(11-14)15-6-4-3-5-7-15/h3-7,9-11H,8H2,1-2H3,(H,25,27)(H,23,24,28)/b21-9-. The number of H-pyrrole nitrogens is 1. The first-order valence-corrected chi connectivity index (χ1v) is 9.74. The predicted octanol–water partition coefficient (Wildman–Crippen LogP) is 2.48. The molecule has 29 heavy (non-hydrogen) atoms. The number of carbonyl (C=O) groups excluding carboxylic acids is 1. The number of rotatable bonds is 5. The number of benzene rings is 1. The first kappa shape index (κ1) is 18.8. The molecule has 3 heterocycles. The molecule has 4 aromatic rings. The molecule has 0 spiro atoms. The molecular weight excluding hydrogens is 388 g/mol. The summed E-state index contributed by atoms with van der Waals surface area (Å²) in [5.41, 5.74) is 4.82. The summed E-state index contributed by atoms with van der Waals surface area (Å²) in [6.45, 7) is 3.84. The number of para-hydroxylation sites is 1. The van der Waals surface area contributed by atoms with Gasteiger partial charge in [0, 0.05) is 16.6 Å². The third-order valence-electron chi connectivity index (χ3n) is 4.44. The van der Waals surface area contributed by atoms with Crippen molar-refractivity contribution in [2.45, 2.75) is 20.3 Å². The van der Waals surface area contributed by atoms with Gasteiger partial charge in [0.05, 0.1) is 29.9 Å². The molecule has 0 saturated carbocycles. The van der Waals surface area contributed by atoms with Crippen LogP contribution in [0.3, 0.4) is 0 Å². The van der Waals surface area contributed by atoms with Gasteiger partial charge in [-0.05, 0) is 31.5 Å². The molecule has 146 valence electrons. The molecule has 4 rings (SSSR count). The molecule has 0 aliphatic rings. The van der Waals surface area contributed by atoms with E-state index in [9.17, 15) is 9.59 Å². The number of carbonyl (C=O) groups is 1. The predicted molar refractivity (Wildman–Crippen MR) is 113 cm³/mol. The first-order valence-electron chi connectivity index (χ1n) is 8.92. The third kappa shape index (κ3) is 3.99. The zero-order valence-corrected chi connectivity index (χ0v) is 16.7. The van der Waals surface area contributed by atoms with Crippen molar-refractivity contribution < 1.29 is 4.79 Å². The van der Waals surface area contributed by atoms with Gasteiger partial charge >= 0.3 is 0 Å². The number of hydrogen-bond acceptors (Lipinski definition) is 6. The third-order valence-corrected chi connectivity index (χ3v) is 5.54. The molecule has 8 nitrogen and oxygen atoms in total. The van der Waals surface area contributed by atoms with Crippen molar-refractivity contribution in [1.29, 1.82) is 0 Å². The van der Waals surface area contributed by atoms with E-state index in [1.54, 1.807) is 17.1 Å². The minimum atomic E-state index is -0.371. The fourth-order valence-electron chi connectivity index (χ4n) is 2.88. The molecule has 1 aromatic carbocycles. The molecule has 3 aromatic heterocycles. The Morgan fingerprint density at radius 3 is 2.90 bits per heavy atom. The molecule has 0 aliphatic carbocycles. The van der Waals surface area contributed by atoms with E-state index in [0.717, 1.165) is 21.7 Å². The second-order valence-corrected chi connectivity index (χ2v) is 7.70. The Hall–Kier alpha value is -3.59. The summed E-state index contributed by atoms with van der Waals surface area (Å²) < 4.78 is 1.72. The van der Waals surface area contributed by atoms with Gasteiger partial charge in [-0.3, -0.25) is 9.59 Å². The molecule has 0 bridgehead atoms. The summed E-state index contributed by atoms with van der Waals surface area (Å²) in [4.78, 5) is 33.2. The number of nitrogens with one attached hydrogen (secondary N) is 2. The average Bonchev–Trinajstić information content (AvgIpc) is 3.27. The number of nitrogens with zero attached hydrogens (tertiary/aromatic N) is 4. The molecule has 0 unspecified atom stereocenters. The van der Waals surface area contributed by atoms with Crippen LogP contribution in [0, 0.1) is 13.8 Å². The molecule has 1 amide bonds. The zero-order chi connectivity index (χ0) is 20.4. The van der Waals surface area contributed by atoms with Crippen LogP contribution in [-0.2, 0) is 11.2 Å². The van der Waals surface area contributed by atoms with Gasteiger partial charge in [-0.2, -0.15) is 10.2 Å². The first-order chi connectivity index (χ1) is 14.0. The van der Waals surface area contributed by atoms with Gasteiger partial charge in [-0.15, -0.1) is 11.3 Å². The van der Waals surface area contributed by atoms with Gasteiger partial charge in [-0.25, -0.2) is 15.1 Å². The van der Waals surface area contributed by atoms with Crippen molar-refractivity contribution in [1.82, 2.24) is 25.2 Å².